The van der Waals surface area contributed by atoms with Crippen LogP contribution in [0.2, 0.25) is 0 Å². The van der Waals surface area contributed by atoms with Crippen LogP contribution in [0.3, 0.4) is 0 Å². The molecule has 1 atom stereocenters. The molecule has 3 heterocycles. The van der Waals surface area contributed by atoms with Crippen molar-refractivity contribution < 1.29 is 4.79 Å². The molecule has 0 bridgehead atoms. The monoisotopic (exact) mass is 363 g/mol. The number of fused-ring (bicyclic) bond motifs is 1. The minimum atomic E-state index is -0.0616. The largest absolute Gasteiger partial charge is 0.350 e. The third-order valence-corrected chi connectivity index (χ3v) is 5.34. The number of aromatic nitrogens is 3. The van der Waals surface area contributed by atoms with Gasteiger partial charge in [-0.1, -0.05) is 12.5 Å². The van der Waals surface area contributed by atoms with Gasteiger partial charge in [-0.2, -0.15) is 0 Å². The fourth-order valence-corrected chi connectivity index (χ4v) is 3.83. The molecule has 1 aromatic carbocycles. The number of hydrogen-bond acceptors (Lipinski definition) is 4. The first-order valence-corrected chi connectivity index (χ1v) is 9.55. The van der Waals surface area contributed by atoms with Crippen LogP contribution in [0.25, 0.3) is 11.0 Å². The standard InChI is InChI=1S/C21H25N5O/c1-25-15-24-18-12-16(7-8-19(18)25)21(27)23-14-20(17-6-5-9-22-13-17)26-10-3-2-4-11-26/h5-9,12-13,15,20H,2-4,10-11,14H2,1H3,(H,23,27). The molecule has 3 aromatic rings. The van der Waals surface area contributed by atoms with Crippen LogP contribution >= 0.6 is 0 Å². The van der Waals surface area contributed by atoms with E-state index in [0.717, 1.165) is 29.7 Å². The number of nitrogens with zero attached hydrogens (tertiary/aromatic N) is 4. The molecule has 140 valence electrons. The number of carbonyl (C=O) groups excluding carboxylic acids is 1. The van der Waals surface area contributed by atoms with Gasteiger partial charge in [-0.15, -0.1) is 0 Å². The summed E-state index contributed by atoms with van der Waals surface area (Å²) in [7, 11) is 1.95. The molecule has 1 fully saturated rings. The van der Waals surface area contributed by atoms with E-state index in [2.05, 4.69) is 26.3 Å². The van der Waals surface area contributed by atoms with Crippen molar-refractivity contribution in [2.45, 2.75) is 25.3 Å². The normalized spacial score (nSPS) is 16.3. The average molecular weight is 363 g/mol. The molecule has 0 saturated carbocycles. The van der Waals surface area contributed by atoms with Gasteiger partial charge in [0.15, 0.2) is 0 Å². The van der Waals surface area contributed by atoms with E-state index in [1.165, 1.54) is 19.3 Å². The zero-order valence-electron chi connectivity index (χ0n) is 15.6. The maximum Gasteiger partial charge on any atom is 0.251 e. The van der Waals surface area contributed by atoms with Crippen molar-refractivity contribution in [2.24, 2.45) is 7.05 Å². The second kappa shape index (κ2) is 7.88. The second-order valence-corrected chi connectivity index (χ2v) is 7.17. The summed E-state index contributed by atoms with van der Waals surface area (Å²) in [6.07, 6.45) is 9.17. The van der Waals surface area contributed by atoms with Crippen molar-refractivity contribution in [3.05, 3.63) is 60.2 Å². The summed E-state index contributed by atoms with van der Waals surface area (Å²) >= 11 is 0. The predicted molar refractivity (Wildman–Crippen MR) is 105 cm³/mol. The minimum Gasteiger partial charge on any atom is -0.350 e. The number of rotatable bonds is 5. The molecule has 1 aliphatic heterocycles. The first-order valence-electron chi connectivity index (χ1n) is 9.55. The lowest BCUT2D eigenvalue weighted by Gasteiger charge is -2.34. The first-order chi connectivity index (χ1) is 13.2. The Labute approximate surface area is 159 Å². The van der Waals surface area contributed by atoms with Crippen LogP contribution in [-0.2, 0) is 7.05 Å². The highest BCUT2D eigenvalue weighted by atomic mass is 16.1. The topological polar surface area (TPSA) is 63.1 Å². The summed E-state index contributed by atoms with van der Waals surface area (Å²) in [5, 5.41) is 3.12. The summed E-state index contributed by atoms with van der Waals surface area (Å²) in [6.45, 7) is 2.70. The highest BCUT2D eigenvalue weighted by Crippen LogP contribution is 2.23. The summed E-state index contributed by atoms with van der Waals surface area (Å²) in [4.78, 5) is 23.8. The average Bonchev–Trinajstić information content (AvgIpc) is 3.10. The lowest BCUT2D eigenvalue weighted by Crippen LogP contribution is -2.40. The quantitative estimate of drug-likeness (QED) is 0.757. The summed E-state index contributed by atoms with van der Waals surface area (Å²) in [5.41, 5.74) is 3.66. The van der Waals surface area contributed by atoms with E-state index in [9.17, 15) is 4.79 Å². The van der Waals surface area contributed by atoms with E-state index in [1.54, 1.807) is 12.5 Å². The molecule has 1 unspecified atom stereocenters. The Morgan fingerprint density at radius 2 is 2.07 bits per heavy atom. The number of aryl methyl sites for hydroxylation is 1. The van der Waals surface area contributed by atoms with Crippen LogP contribution in [0.4, 0.5) is 0 Å². The van der Waals surface area contributed by atoms with Gasteiger partial charge in [0.25, 0.3) is 5.91 Å². The number of hydrogen-bond donors (Lipinski definition) is 1. The SMILES string of the molecule is Cn1cnc2cc(C(=O)NCC(c3cccnc3)N3CCCCC3)ccc21. The van der Waals surface area contributed by atoms with Gasteiger partial charge in [0.05, 0.1) is 23.4 Å². The fourth-order valence-electron chi connectivity index (χ4n) is 3.83. The predicted octanol–water partition coefficient (Wildman–Crippen LogP) is 2.93. The van der Waals surface area contributed by atoms with Crippen molar-refractivity contribution in [1.82, 2.24) is 24.8 Å². The number of benzene rings is 1. The van der Waals surface area contributed by atoms with E-state index < -0.39 is 0 Å². The fraction of sp³-hybridized carbons (Fsp3) is 0.381. The Morgan fingerprint density at radius 1 is 1.22 bits per heavy atom. The van der Waals surface area contributed by atoms with Gasteiger partial charge in [0.1, 0.15) is 0 Å². The van der Waals surface area contributed by atoms with E-state index in [0.29, 0.717) is 12.1 Å². The molecule has 0 radical (unpaired) electrons. The first kappa shape index (κ1) is 17.7. The molecule has 6 nitrogen and oxygen atoms in total. The zero-order valence-corrected chi connectivity index (χ0v) is 15.6. The molecule has 27 heavy (non-hydrogen) atoms. The van der Waals surface area contributed by atoms with E-state index in [4.69, 9.17) is 0 Å². The van der Waals surface area contributed by atoms with Gasteiger partial charge >= 0.3 is 0 Å². The number of pyridine rings is 1. The molecular weight excluding hydrogens is 338 g/mol. The Morgan fingerprint density at radius 3 is 2.85 bits per heavy atom. The molecule has 1 amide bonds. The highest BCUT2D eigenvalue weighted by Gasteiger charge is 2.23. The van der Waals surface area contributed by atoms with Crippen molar-refractivity contribution in [3.63, 3.8) is 0 Å². The molecule has 4 rings (SSSR count). The molecule has 1 N–H and O–H groups in total. The lowest BCUT2D eigenvalue weighted by atomic mass is 10.0. The van der Waals surface area contributed by atoms with Gasteiger partial charge in [0, 0.05) is 31.5 Å². The Balaban J connectivity index is 1.49. The summed E-state index contributed by atoms with van der Waals surface area (Å²) in [5.74, 6) is -0.0616. The maximum absolute atomic E-state index is 12.7. The third-order valence-electron chi connectivity index (χ3n) is 5.34. The molecule has 0 spiro atoms. The number of amides is 1. The second-order valence-electron chi connectivity index (χ2n) is 7.17. The van der Waals surface area contributed by atoms with Crippen molar-refractivity contribution in [2.75, 3.05) is 19.6 Å². The number of likely N-dealkylation sites (tertiary alicyclic amines) is 1. The minimum absolute atomic E-state index is 0.0616. The van der Waals surface area contributed by atoms with Crippen LogP contribution in [0.15, 0.2) is 49.1 Å². The van der Waals surface area contributed by atoms with Crippen molar-refractivity contribution in [1.29, 1.82) is 0 Å². The van der Waals surface area contributed by atoms with Crippen LogP contribution < -0.4 is 5.32 Å². The number of carbonyl (C=O) groups is 1. The molecule has 1 aliphatic rings. The van der Waals surface area contributed by atoms with E-state index in [-0.39, 0.29) is 11.9 Å². The lowest BCUT2D eigenvalue weighted by molar-refractivity contribution is 0.0924. The smallest absolute Gasteiger partial charge is 0.251 e. The van der Waals surface area contributed by atoms with Gasteiger partial charge in [-0.25, -0.2) is 4.98 Å². The molecule has 1 saturated heterocycles. The van der Waals surface area contributed by atoms with Gasteiger partial charge < -0.3 is 9.88 Å². The molecule has 6 heteroatoms. The number of piperidine rings is 1. The number of nitrogens with one attached hydrogen (secondary N) is 1. The molecular formula is C21H25N5O. The summed E-state index contributed by atoms with van der Waals surface area (Å²) < 4.78 is 1.95. The zero-order chi connectivity index (χ0) is 18.6. The van der Waals surface area contributed by atoms with Crippen LogP contribution in [0, 0.1) is 0 Å². The van der Waals surface area contributed by atoms with Gasteiger partial charge in [-0.3, -0.25) is 14.7 Å². The van der Waals surface area contributed by atoms with Crippen molar-refractivity contribution >= 4 is 16.9 Å². The Bertz CT molecular complexity index is 915. The van der Waals surface area contributed by atoms with E-state index in [1.807, 2.05) is 42.1 Å². The Kier molecular flexibility index (Phi) is 5.16. The van der Waals surface area contributed by atoms with E-state index >= 15 is 0 Å². The van der Waals surface area contributed by atoms with Gasteiger partial charge in [-0.05, 0) is 55.8 Å². The van der Waals surface area contributed by atoms with Crippen LogP contribution in [-0.4, -0.2) is 45.0 Å². The highest BCUT2D eigenvalue weighted by molar-refractivity contribution is 5.97. The summed E-state index contributed by atoms with van der Waals surface area (Å²) in [6, 6.07) is 9.87. The van der Waals surface area contributed by atoms with Gasteiger partial charge in [0.2, 0.25) is 0 Å². The third kappa shape index (κ3) is 3.85. The van der Waals surface area contributed by atoms with Crippen molar-refractivity contribution in [3.8, 4) is 0 Å². The van der Waals surface area contributed by atoms with Crippen LogP contribution in [0.5, 0.6) is 0 Å². The number of imidazole rings is 1. The Hall–Kier alpha value is -2.73. The molecule has 0 aliphatic carbocycles. The molecule has 2 aromatic heterocycles. The maximum atomic E-state index is 12.7. The van der Waals surface area contributed by atoms with Crippen LogP contribution in [0.1, 0.15) is 41.2 Å².